The van der Waals surface area contributed by atoms with Gasteiger partial charge in [-0.2, -0.15) is 0 Å². The van der Waals surface area contributed by atoms with Crippen LogP contribution in [0, 0.1) is 0 Å². The molecule has 4 heteroatoms. The Labute approximate surface area is 124 Å². The molecule has 0 saturated heterocycles. The van der Waals surface area contributed by atoms with E-state index in [1.165, 1.54) is 11.1 Å². The third-order valence-corrected chi connectivity index (χ3v) is 3.68. The summed E-state index contributed by atoms with van der Waals surface area (Å²) < 4.78 is 1.04. The van der Waals surface area contributed by atoms with Gasteiger partial charge in [0.25, 0.3) is 0 Å². The van der Waals surface area contributed by atoms with Crippen LogP contribution < -0.4 is 10.2 Å². The summed E-state index contributed by atoms with van der Waals surface area (Å²) in [5.41, 5.74) is 2.69. The predicted molar refractivity (Wildman–Crippen MR) is 84.5 cm³/mol. The Bertz CT molecular complexity index is 468. The second-order valence-electron chi connectivity index (χ2n) is 5.43. The zero-order chi connectivity index (χ0) is 13.8. The number of hydrogen-bond donors (Lipinski definition) is 1. The normalized spacial score (nSPS) is 15.8. The first-order valence-corrected chi connectivity index (χ1v) is 7.64. The molecule has 0 unspecified atom stereocenters. The van der Waals surface area contributed by atoms with Crippen LogP contribution >= 0.6 is 15.9 Å². The van der Waals surface area contributed by atoms with E-state index in [0.717, 1.165) is 36.3 Å². The Morgan fingerprint density at radius 3 is 2.95 bits per heavy atom. The highest BCUT2D eigenvalue weighted by atomic mass is 79.9. The number of nitrogens with one attached hydrogen (secondary N) is 1. The lowest BCUT2D eigenvalue weighted by molar-refractivity contribution is 0.586. The zero-order valence-corrected chi connectivity index (χ0v) is 13.5. The molecule has 2 heterocycles. The van der Waals surface area contributed by atoms with E-state index in [-0.39, 0.29) is 0 Å². The standard InChI is InChI=1S/C15H22BrN3/c1-11(2)17-8-13-7-14(16)9-18-15(13)19-6-4-5-12(3)10-19/h5,7,9,11,17H,4,6,8,10H2,1-3H3. The van der Waals surface area contributed by atoms with Gasteiger partial charge in [-0.05, 0) is 35.3 Å². The van der Waals surface area contributed by atoms with Crippen molar-refractivity contribution in [2.75, 3.05) is 18.0 Å². The molecule has 1 N–H and O–H groups in total. The van der Waals surface area contributed by atoms with Gasteiger partial charge in [0.1, 0.15) is 5.82 Å². The highest BCUT2D eigenvalue weighted by molar-refractivity contribution is 9.10. The highest BCUT2D eigenvalue weighted by Gasteiger charge is 2.16. The van der Waals surface area contributed by atoms with E-state index in [1.807, 2.05) is 6.20 Å². The first-order valence-electron chi connectivity index (χ1n) is 6.84. The van der Waals surface area contributed by atoms with E-state index in [0.29, 0.717) is 6.04 Å². The minimum Gasteiger partial charge on any atom is -0.352 e. The lowest BCUT2D eigenvalue weighted by Crippen LogP contribution is -2.32. The first-order chi connectivity index (χ1) is 9.06. The summed E-state index contributed by atoms with van der Waals surface area (Å²) in [6, 6.07) is 2.65. The topological polar surface area (TPSA) is 28.2 Å². The molecule has 0 aliphatic carbocycles. The molecule has 104 valence electrons. The lowest BCUT2D eigenvalue weighted by Gasteiger charge is -2.29. The van der Waals surface area contributed by atoms with E-state index in [1.54, 1.807) is 0 Å². The van der Waals surface area contributed by atoms with Crippen LogP contribution in [0.1, 0.15) is 32.8 Å². The quantitative estimate of drug-likeness (QED) is 0.859. The van der Waals surface area contributed by atoms with Crippen LogP contribution in [0.3, 0.4) is 0 Å². The van der Waals surface area contributed by atoms with Gasteiger partial charge in [-0.15, -0.1) is 0 Å². The third-order valence-electron chi connectivity index (χ3n) is 3.24. The highest BCUT2D eigenvalue weighted by Crippen LogP contribution is 2.24. The van der Waals surface area contributed by atoms with Crippen LogP contribution in [0.4, 0.5) is 5.82 Å². The van der Waals surface area contributed by atoms with Crippen molar-refractivity contribution in [1.29, 1.82) is 0 Å². The summed E-state index contributed by atoms with van der Waals surface area (Å²) >= 11 is 3.52. The van der Waals surface area contributed by atoms with Crippen molar-refractivity contribution in [3.8, 4) is 0 Å². The summed E-state index contributed by atoms with van der Waals surface area (Å²) in [7, 11) is 0. The molecule has 0 atom stereocenters. The Morgan fingerprint density at radius 1 is 1.47 bits per heavy atom. The van der Waals surface area contributed by atoms with Crippen molar-refractivity contribution in [2.24, 2.45) is 0 Å². The molecule has 0 amide bonds. The Morgan fingerprint density at radius 2 is 2.26 bits per heavy atom. The molecule has 0 bridgehead atoms. The van der Waals surface area contributed by atoms with Gasteiger partial charge in [-0.3, -0.25) is 0 Å². The van der Waals surface area contributed by atoms with Crippen molar-refractivity contribution in [3.05, 3.63) is 33.9 Å². The molecule has 0 radical (unpaired) electrons. The van der Waals surface area contributed by atoms with Gasteiger partial charge < -0.3 is 10.2 Å². The fraction of sp³-hybridized carbons (Fsp3) is 0.533. The van der Waals surface area contributed by atoms with Crippen molar-refractivity contribution in [1.82, 2.24) is 10.3 Å². The predicted octanol–water partition coefficient (Wildman–Crippen LogP) is 3.50. The van der Waals surface area contributed by atoms with Crippen LogP contribution in [0.2, 0.25) is 0 Å². The monoisotopic (exact) mass is 323 g/mol. The Hall–Kier alpha value is -0.870. The van der Waals surface area contributed by atoms with E-state index in [2.05, 4.69) is 64.0 Å². The van der Waals surface area contributed by atoms with Crippen molar-refractivity contribution in [2.45, 2.75) is 39.8 Å². The van der Waals surface area contributed by atoms with Crippen molar-refractivity contribution in [3.63, 3.8) is 0 Å². The van der Waals surface area contributed by atoms with Gasteiger partial charge >= 0.3 is 0 Å². The van der Waals surface area contributed by atoms with Crippen LogP contribution in [-0.4, -0.2) is 24.1 Å². The molecule has 0 saturated carbocycles. The maximum Gasteiger partial charge on any atom is 0.133 e. The average Bonchev–Trinajstić information content (AvgIpc) is 2.36. The molecular weight excluding hydrogens is 302 g/mol. The molecule has 1 aliphatic heterocycles. The summed E-state index contributed by atoms with van der Waals surface area (Å²) in [5, 5.41) is 3.48. The summed E-state index contributed by atoms with van der Waals surface area (Å²) in [4.78, 5) is 7.00. The van der Waals surface area contributed by atoms with Gasteiger partial charge in [0.2, 0.25) is 0 Å². The van der Waals surface area contributed by atoms with E-state index >= 15 is 0 Å². The zero-order valence-electron chi connectivity index (χ0n) is 11.9. The van der Waals surface area contributed by atoms with E-state index < -0.39 is 0 Å². The van der Waals surface area contributed by atoms with Crippen molar-refractivity contribution >= 4 is 21.7 Å². The molecule has 0 aromatic carbocycles. The van der Waals surface area contributed by atoms with Crippen LogP contribution in [0.5, 0.6) is 0 Å². The number of aromatic nitrogens is 1. The number of halogens is 1. The van der Waals surface area contributed by atoms with Gasteiger partial charge in [0.05, 0.1) is 0 Å². The fourth-order valence-electron chi connectivity index (χ4n) is 2.30. The lowest BCUT2D eigenvalue weighted by atomic mass is 10.1. The summed E-state index contributed by atoms with van der Waals surface area (Å²) in [6.45, 7) is 9.43. The maximum absolute atomic E-state index is 4.63. The maximum atomic E-state index is 4.63. The van der Waals surface area contributed by atoms with Crippen LogP contribution in [0.15, 0.2) is 28.4 Å². The number of pyridine rings is 1. The number of hydrogen-bond acceptors (Lipinski definition) is 3. The Kier molecular flexibility index (Phi) is 4.99. The number of anilines is 1. The first kappa shape index (κ1) is 14.5. The largest absolute Gasteiger partial charge is 0.352 e. The van der Waals surface area contributed by atoms with Gasteiger partial charge in [-0.25, -0.2) is 4.98 Å². The van der Waals surface area contributed by atoms with Crippen LogP contribution in [-0.2, 0) is 6.54 Å². The molecule has 19 heavy (non-hydrogen) atoms. The molecule has 3 nitrogen and oxygen atoms in total. The summed E-state index contributed by atoms with van der Waals surface area (Å²) in [6.07, 6.45) is 5.32. The number of nitrogens with zero attached hydrogens (tertiary/aromatic N) is 2. The fourth-order valence-corrected chi connectivity index (χ4v) is 2.67. The summed E-state index contributed by atoms with van der Waals surface area (Å²) in [5.74, 6) is 1.11. The molecule has 1 aromatic rings. The van der Waals surface area contributed by atoms with Gasteiger partial charge in [0.15, 0.2) is 0 Å². The smallest absolute Gasteiger partial charge is 0.133 e. The second-order valence-corrected chi connectivity index (χ2v) is 6.35. The van der Waals surface area contributed by atoms with E-state index in [4.69, 9.17) is 0 Å². The van der Waals surface area contributed by atoms with Gasteiger partial charge in [0, 0.05) is 41.9 Å². The molecule has 0 spiro atoms. The minimum atomic E-state index is 0.481. The number of rotatable bonds is 4. The van der Waals surface area contributed by atoms with Crippen molar-refractivity contribution < 1.29 is 0 Å². The Balaban J connectivity index is 2.21. The van der Waals surface area contributed by atoms with E-state index in [9.17, 15) is 0 Å². The molecule has 1 aromatic heterocycles. The molecule has 2 rings (SSSR count). The molecule has 1 aliphatic rings. The molecule has 0 fully saturated rings. The second kappa shape index (κ2) is 6.53. The third kappa shape index (κ3) is 4.05. The average molecular weight is 324 g/mol. The minimum absolute atomic E-state index is 0.481. The SMILES string of the molecule is CC1=CCCN(c2ncc(Br)cc2CNC(C)C)C1. The van der Waals surface area contributed by atoms with Gasteiger partial charge in [-0.1, -0.05) is 25.5 Å². The van der Waals surface area contributed by atoms with Crippen LogP contribution in [0.25, 0.3) is 0 Å². The molecular formula is C15H22BrN3.